The second-order valence-corrected chi connectivity index (χ2v) is 3.80. The summed E-state index contributed by atoms with van der Waals surface area (Å²) in [5.41, 5.74) is 5.32. The first-order valence-electron chi connectivity index (χ1n) is 4.90. The summed E-state index contributed by atoms with van der Waals surface area (Å²) in [6, 6.07) is 0. The minimum Gasteiger partial charge on any atom is -0.465 e. The van der Waals surface area contributed by atoms with Crippen LogP contribution in [-0.4, -0.2) is 35.0 Å². The SMILES string of the molecule is N=C(N)CC1CCCN(C(=O)O)CC1. The van der Waals surface area contributed by atoms with Gasteiger partial charge in [-0.25, -0.2) is 4.79 Å². The van der Waals surface area contributed by atoms with Gasteiger partial charge in [0, 0.05) is 19.5 Å². The molecule has 1 heterocycles. The number of carboxylic acid groups (broad SMARTS) is 1. The summed E-state index contributed by atoms with van der Waals surface area (Å²) in [5, 5.41) is 16.0. The highest BCUT2D eigenvalue weighted by Gasteiger charge is 2.20. The quantitative estimate of drug-likeness (QED) is 0.459. The lowest BCUT2D eigenvalue weighted by Crippen LogP contribution is -2.30. The lowest BCUT2D eigenvalue weighted by molar-refractivity contribution is 0.146. The summed E-state index contributed by atoms with van der Waals surface area (Å²) in [6.45, 7) is 1.19. The Hall–Kier alpha value is -1.26. The molecule has 5 nitrogen and oxygen atoms in total. The normalized spacial score (nSPS) is 22.9. The van der Waals surface area contributed by atoms with Gasteiger partial charge in [0.15, 0.2) is 0 Å². The van der Waals surface area contributed by atoms with E-state index in [1.54, 1.807) is 0 Å². The molecule has 1 amide bonds. The molecule has 1 fully saturated rings. The lowest BCUT2D eigenvalue weighted by Gasteiger charge is -2.16. The van der Waals surface area contributed by atoms with E-state index >= 15 is 0 Å². The minimum absolute atomic E-state index is 0.207. The van der Waals surface area contributed by atoms with Crippen LogP contribution in [0.2, 0.25) is 0 Å². The van der Waals surface area contributed by atoms with Crippen molar-refractivity contribution in [1.29, 1.82) is 5.41 Å². The molecule has 80 valence electrons. The van der Waals surface area contributed by atoms with Gasteiger partial charge in [-0.1, -0.05) is 0 Å². The van der Waals surface area contributed by atoms with Gasteiger partial charge in [0.05, 0.1) is 5.84 Å². The largest absolute Gasteiger partial charge is 0.465 e. The van der Waals surface area contributed by atoms with E-state index in [4.69, 9.17) is 16.2 Å². The molecule has 1 aliphatic rings. The van der Waals surface area contributed by atoms with E-state index in [-0.39, 0.29) is 5.84 Å². The van der Waals surface area contributed by atoms with Crippen molar-refractivity contribution in [1.82, 2.24) is 4.90 Å². The topological polar surface area (TPSA) is 90.4 Å². The Balaban J connectivity index is 2.40. The molecular weight excluding hydrogens is 182 g/mol. The fraction of sp³-hybridized carbons (Fsp3) is 0.778. The van der Waals surface area contributed by atoms with Crippen LogP contribution >= 0.6 is 0 Å². The van der Waals surface area contributed by atoms with Gasteiger partial charge in [-0.15, -0.1) is 0 Å². The van der Waals surface area contributed by atoms with Gasteiger partial charge in [0.2, 0.25) is 0 Å². The summed E-state index contributed by atoms with van der Waals surface area (Å²) >= 11 is 0. The summed E-state index contributed by atoms with van der Waals surface area (Å²) in [6.07, 6.45) is 2.45. The van der Waals surface area contributed by atoms with Crippen molar-refractivity contribution in [2.75, 3.05) is 13.1 Å². The van der Waals surface area contributed by atoms with Crippen LogP contribution in [0.25, 0.3) is 0 Å². The van der Waals surface area contributed by atoms with Crippen molar-refractivity contribution in [3.63, 3.8) is 0 Å². The molecule has 0 aromatic heterocycles. The fourth-order valence-electron chi connectivity index (χ4n) is 1.87. The number of nitrogens with two attached hydrogens (primary N) is 1. The molecule has 0 radical (unpaired) electrons. The van der Waals surface area contributed by atoms with Gasteiger partial charge >= 0.3 is 6.09 Å². The zero-order chi connectivity index (χ0) is 10.6. The van der Waals surface area contributed by atoms with E-state index in [1.807, 2.05) is 0 Å². The van der Waals surface area contributed by atoms with Gasteiger partial charge in [-0.2, -0.15) is 0 Å². The molecule has 1 rings (SSSR count). The molecule has 14 heavy (non-hydrogen) atoms. The maximum Gasteiger partial charge on any atom is 0.407 e. The highest BCUT2D eigenvalue weighted by Crippen LogP contribution is 2.20. The Morgan fingerprint density at radius 2 is 2.21 bits per heavy atom. The Morgan fingerprint density at radius 1 is 1.50 bits per heavy atom. The monoisotopic (exact) mass is 199 g/mol. The molecule has 0 aliphatic carbocycles. The van der Waals surface area contributed by atoms with E-state index in [0.29, 0.717) is 25.4 Å². The van der Waals surface area contributed by atoms with Crippen molar-refractivity contribution >= 4 is 11.9 Å². The van der Waals surface area contributed by atoms with Crippen LogP contribution in [0, 0.1) is 11.3 Å². The number of likely N-dealkylation sites (tertiary alicyclic amines) is 1. The molecule has 0 aromatic carbocycles. The molecule has 1 atom stereocenters. The zero-order valence-electron chi connectivity index (χ0n) is 8.20. The minimum atomic E-state index is -0.839. The fourth-order valence-corrected chi connectivity index (χ4v) is 1.87. The van der Waals surface area contributed by atoms with E-state index in [0.717, 1.165) is 19.3 Å². The van der Waals surface area contributed by atoms with E-state index in [9.17, 15) is 4.79 Å². The van der Waals surface area contributed by atoms with Crippen LogP contribution in [0.5, 0.6) is 0 Å². The highest BCUT2D eigenvalue weighted by atomic mass is 16.4. The van der Waals surface area contributed by atoms with Crippen molar-refractivity contribution < 1.29 is 9.90 Å². The average molecular weight is 199 g/mol. The van der Waals surface area contributed by atoms with Crippen molar-refractivity contribution in [2.24, 2.45) is 11.7 Å². The van der Waals surface area contributed by atoms with Crippen LogP contribution in [0.1, 0.15) is 25.7 Å². The van der Waals surface area contributed by atoms with Gasteiger partial charge in [-0.3, -0.25) is 5.41 Å². The third kappa shape index (κ3) is 3.24. The Labute approximate surface area is 83.4 Å². The van der Waals surface area contributed by atoms with Crippen LogP contribution in [0.4, 0.5) is 4.79 Å². The van der Waals surface area contributed by atoms with E-state index < -0.39 is 6.09 Å². The highest BCUT2D eigenvalue weighted by molar-refractivity contribution is 5.77. The Morgan fingerprint density at radius 3 is 2.79 bits per heavy atom. The summed E-state index contributed by atoms with van der Waals surface area (Å²) in [5.74, 6) is 0.593. The number of hydrogen-bond donors (Lipinski definition) is 3. The maximum absolute atomic E-state index is 10.7. The molecule has 1 saturated heterocycles. The van der Waals surface area contributed by atoms with Crippen LogP contribution in [-0.2, 0) is 0 Å². The molecule has 4 N–H and O–H groups in total. The zero-order valence-corrected chi connectivity index (χ0v) is 8.20. The molecule has 0 bridgehead atoms. The molecular formula is C9H17N3O2. The average Bonchev–Trinajstić information content (AvgIpc) is 2.28. The molecule has 1 aliphatic heterocycles. The first kappa shape index (κ1) is 10.8. The first-order chi connectivity index (χ1) is 6.59. The lowest BCUT2D eigenvalue weighted by atomic mass is 9.97. The molecule has 5 heteroatoms. The number of nitrogens with one attached hydrogen (secondary N) is 1. The summed E-state index contributed by atoms with van der Waals surface area (Å²) < 4.78 is 0. The summed E-state index contributed by atoms with van der Waals surface area (Å²) in [4.78, 5) is 12.1. The van der Waals surface area contributed by atoms with Crippen LogP contribution < -0.4 is 5.73 Å². The number of rotatable bonds is 2. The number of hydrogen-bond acceptors (Lipinski definition) is 2. The first-order valence-corrected chi connectivity index (χ1v) is 4.90. The summed E-state index contributed by atoms with van der Waals surface area (Å²) in [7, 11) is 0. The number of amides is 1. The van der Waals surface area contributed by atoms with Crippen LogP contribution in [0.3, 0.4) is 0 Å². The van der Waals surface area contributed by atoms with E-state index in [2.05, 4.69) is 0 Å². The van der Waals surface area contributed by atoms with Crippen molar-refractivity contribution in [3.8, 4) is 0 Å². The molecule has 0 spiro atoms. The predicted molar refractivity (Wildman–Crippen MR) is 53.5 cm³/mol. The molecule has 0 saturated carbocycles. The maximum atomic E-state index is 10.7. The second kappa shape index (κ2) is 4.83. The predicted octanol–water partition coefficient (Wildman–Crippen LogP) is 1.09. The Kier molecular flexibility index (Phi) is 3.73. The number of amidine groups is 1. The van der Waals surface area contributed by atoms with Crippen molar-refractivity contribution in [3.05, 3.63) is 0 Å². The second-order valence-electron chi connectivity index (χ2n) is 3.80. The van der Waals surface area contributed by atoms with Gasteiger partial charge in [-0.05, 0) is 25.2 Å². The smallest absolute Gasteiger partial charge is 0.407 e. The standard InChI is InChI=1S/C9H17N3O2/c10-8(11)6-7-2-1-4-12(5-3-7)9(13)14/h7H,1-6H2,(H3,10,11)(H,13,14). The van der Waals surface area contributed by atoms with E-state index in [1.165, 1.54) is 4.90 Å². The third-order valence-electron chi connectivity index (χ3n) is 2.63. The Bertz CT molecular complexity index is 230. The van der Waals surface area contributed by atoms with Crippen molar-refractivity contribution in [2.45, 2.75) is 25.7 Å². The van der Waals surface area contributed by atoms with Crippen LogP contribution in [0.15, 0.2) is 0 Å². The van der Waals surface area contributed by atoms with Gasteiger partial charge in [0.25, 0.3) is 0 Å². The third-order valence-corrected chi connectivity index (χ3v) is 2.63. The number of carbonyl (C=O) groups is 1. The number of nitrogens with zero attached hydrogens (tertiary/aromatic N) is 1. The molecule has 0 aromatic rings. The molecule has 1 unspecified atom stereocenters. The van der Waals surface area contributed by atoms with Gasteiger partial charge < -0.3 is 15.7 Å². The van der Waals surface area contributed by atoms with Gasteiger partial charge in [0.1, 0.15) is 0 Å².